The molecule has 366 valence electrons. The van der Waals surface area contributed by atoms with Crippen molar-refractivity contribution in [1.29, 1.82) is 0 Å². The first kappa shape index (κ1) is 47.2. The molecule has 6 N–H and O–H groups in total. The fraction of sp³-hybridized carbons (Fsp3) is 0.333. The summed E-state index contributed by atoms with van der Waals surface area (Å²) in [5.41, 5.74) is 19.1. The molecule has 7 aromatic rings. The number of anilines is 4. The third-order valence-electron chi connectivity index (χ3n) is 13.1. The number of nitrogens with one attached hydrogen (secondary N) is 2. The zero-order valence-electron chi connectivity index (χ0n) is 39.9. The molecule has 1 unspecified atom stereocenters. The zero-order valence-corrected chi connectivity index (χ0v) is 39.9. The Hall–Kier alpha value is -7.52. The van der Waals surface area contributed by atoms with Crippen LogP contribution in [0.4, 0.5) is 32.1 Å². The van der Waals surface area contributed by atoms with E-state index in [1.807, 2.05) is 57.2 Å². The van der Waals surface area contributed by atoms with Gasteiger partial charge in [0.25, 0.3) is 11.5 Å². The number of hydrogen-bond acceptors (Lipinski definition) is 16. The van der Waals surface area contributed by atoms with E-state index < -0.39 is 11.9 Å². The van der Waals surface area contributed by atoms with Crippen LogP contribution in [0.2, 0.25) is 0 Å². The van der Waals surface area contributed by atoms with Crippen molar-refractivity contribution in [3.05, 3.63) is 117 Å². The topological polar surface area (TPSA) is 223 Å². The summed E-state index contributed by atoms with van der Waals surface area (Å²) in [6.07, 6.45) is 5.31. The van der Waals surface area contributed by atoms with Crippen molar-refractivity contribution in [2.24, 2.45) is 0 Å². The van der Waals surface area contributed by atoms with Gasteiger partial charge in [-0.1, -0.05) is 12.1 Å². The van der Waals surface area contributed by atoms with E-state index in [-0.39, 0.29) is 46.3 Å². The van der Waals surface area contributed by atoms with Gasteiger partial charge in [0, 0.05) is 115 Å². The van der Waals surface area contributed by atoms with E-state index in [2.05, 4.69) is 35.0 Å². The molecule has 3 aliphatic rings. The number of ether oxygens (including phenoxy) is 2. The molecule has 0 radical (unpaired) electrons. The van der Waals surface area contributed by atoms with Crippen LogP contribution < -0.4 is 32.1 Å². The Bertz CT molecular complexity index is 3260. The predicted octanol–water partition coefficient (Wildman–Crippen LogP) is 4.84. The number of nitrogen functional groups attached to an aromatic ring is 2. The number of amides is 1. The van der Waals surface area contributed by atoms with Gasteiger partial charge in [-0.05, 0) is 87.4 Å². The summed E-state index contributed by atoms with van der Waals surface area (Å²) in [5.74, 6) is -0.394. The quantitative estimate of drug-likeness (QED) is 0.129. The number of hydrogen-bond donors (Lipinski definition) is 4. The Balaban J connectivity index is 0.901. The molecular formula is C51H54F2N14O4. The van der Waals surface area contributed by atoms with Crippen LogP contribution in [0.3, 0.4) is 0 Å². The van der Waals surface area contributed by atoms with Crippen molar-refractivity contribution in [2.75, 3.05) is 101 Å². The molecule has 2 fully saturated rings. The van der Waals surface area contributed by atoms with Gasteiger partial charge in [0.05, 0.1) is 25.9 Å². The van der Waals surface area contributed by atoms with Gasteiger partial charge in [0.1, 0.15) is 34.4 Å². The fourth-order valence-corrected chi connectivity index (χ4v) is 9.67. The molecular weight excluding hydrogens is 911 g/mol. The van der Waals surface area contributed by atoms with Crippen molar-refractivity contribution >= 4 is 40.0 Å². The predicted molar refractivity (Wildman–Crippen MR) is 268 cm³/mol. The molecule has 10 rings (SSSR count). The van der Waals surface area contributed by atoms with Crippen LogP contribution in [0.5, 0.6) is 0 Å². The SMILES string of the molecule is Cc1c[nH]c(=O)c2ccc(-c3nc(-c4cnc(N5CCOCC5)c(CN(C)CC5CN(c6ncc(-c7nc(-c8ccc9c(c8)CCNC9=O)c(N)nc7F)cc6CN(C)C)CCO5)c4)c(F)nc3N)cc12. The van der Waals surface area contributed by atoms with E-state index in [1.165, 1.54) is 0 Å². The second kappa shape index (κ2) is 19.7. The van der Waals surface area contributed by atoms with Crippen LogP contribution in [0, 0.1) is 18.8 Å². The lowest BCUT2D eigenvalue weighted by atomic mass is 9.96. The number of likely N-dealkylation sites (N-methyl/N-ethyl adjacent to an activating group) is 1. The Morgan fingerprint density at radius 1 is 0.732 bits per heavy atom. The summed E-state index contributed by atoms with van der Waals surface area (Å²) in [4.78, 5) is 63.7. The van der Waals surface area contributed by atoms with Gasteiger partial charge >= 0.3 is 0 Å². The first-order valence-electron chi connectivity index (χ1n) is 23.5. The maximum atomic E-state index is 15.9. The van der Waals surface area contributed by atoms with Crippen molar-refractivity contribution in [1.82, 2.24) is 50.0 Å². The van der Waals surface area contributed by atoms with Crippen LogP contribution in [0.1, 0.15) is 32.6 Å². The molecule has 2 aromatic carbocycles. The maximum absolute atomic E-state index is 15.9. The van der Waals surface area contributed by atoms with Crippen LogP contribution in [-0.2, 0) is 29.0 Å². The smallest absolute Gasteiger partial charge is 0.255 e. The number of carbonyl (C=O) groups is 1. The Morgan fingerprint density at radius 2 is 1.35 bits per heavy atom. The average Bonchev–Trinajstić information content (AvgIpc) is 3.35. The summed E-state index contributed by atoms with van der Waals surface area (Å²) < 4.78 is 43.6. The molecule has 0 spiro atoms. The fourth-order valence-electron chi connectivity index (χ4n) is 9.67. The highest BCUT2D eigenvalue weighted by atomic mass is 19.1. The van der Waals surface area contributed by atoms with Gasteiger partial charge in [0.2, 0.25) is 11.9 Å². The molecule has 8 heterocycles. The first-order valence-corrected chi connectivity index (χ1v) is 23.5. The Labute approximate surface area is 408 Å². The zero-order chi connectivity index (χ0) is 49.5. The van der Waals surface area contributed by atoms with Gasteiger partial charge in [-0.2, -0.15) is 18.7 Å². The number of benzene rings is 2. The lowest BCUT2D eigenvalue weighted by molar-refractivity contribution is 0.0190. The molecule has 3 aliphatic heterocycles. The van der Waals surface area contributed by atoms with Crippen LogP contribution >= 0.6 is 0 Å². The number of pyridine rings is 3. The second-order valence-electron chi connectivity index (χ2n) is 18.5. The molecule has 5 aromatic heterocycles. The highest BCUT2D eigenvalue weighted by Gasteiger charge is 2.28. The Kier molecular flexibility index (Phi) is 13.1. The van der Waals surface area contributed by atoms with E-state index in [9.17, 15) is 9.59 Å². The number of aromatic nitrogens is 7. The molecule has 1 amide bonds. The molecule has 71 heavy (non-hydrogen) atoms. The number of morpholine rings is 2. The normalized spacial score (nSPS) is 16.2. The summed E-state index contributed by atoms with van der Waals surface area (Å²) in [7, 11) is 5.93. The number of aryl methyl sites for hydroxylation is 1. The number of carbonyl (C=O) groups excluding carboxylic acids is 1. The highest BCUT2D eigenvalue weighted by molar-refractivity contribution is 5.97. The summed E-state index contributed by atoms with van der Waals surface area (Å²) >= 11 is 0. The van der Waals surface area contributed by atoms with E-state index in [4.69, 9.17) is 40.9 Å². The minimum Gasteiger partial charge on any atom is -0.382 e. The van der Waals surface area contributed by atoms with Gasteiger partial charge in [-0.15, -0.1) is 0 Å². The average molecular weight is 965 g/mol. The summed E-state index contributed by atoms with van der Waals surface area (Å²) in [6, 6.07) is 14.4. The number of fused-ring (bicyclic) bond motifs is 2. The molecule has 2 saturated heterocycles. The van der Waals surface area contributed by atoms with E-state index in [0.717, 1.165) is 39.3 Å². The van der Waals surface area contributed by atoms with Crippen LogP contribution in [0.15, 0.2) is 71.9 Å². The lowest BCUT2D eigenvalue weighted by Crippen LogP contribution is -2.47. The minimum atomic E-state index is -0.829. The third-order valence-corrected chi connectivity index (χ3v) is 13.1. The molecule has 1 atom stereocenters. The van der Waals surface area contributed by atoms with E-state index in [0.29, 0.717) is 117 Å². The molecule has 18 nitrogen and oxygen atoms in total. The number of H-pyrrole nitrogens is 1. The van der Waals surface area contributed by atoms with Crippen molar-refractivity contribution in [3.8, 4) is 45.0 Å². The largest absolute Gasteiger partial charge is 0.382 e. The Morgan fingerprint density at radius 3 is 2.03 bits per heavy atom. The van der Waals surface area contributed by atoms with Gasteiger partial charge in [-0.3, -0.25) is 14.5 Å². The second-order valence-corrected chi connectivity index (χ2v) is 18.5. The molecule has 20 heteroatoms. The minimum absolute atomic E-state index is 0.00196. The third kappa shape index (κ3) is 9.70. The monoisotopic (exact) mass is 964 g/mol. The standard InChI is InChI=1S/C51H54F2N14O4/c1-28-21-59-51(69)38-8-6-31(20-39(28)38)43-47(55)63-45(53)41(61-43)33-19-35(48(57-22-33)66-11-14-70-15-12-66)25-65(4)26-36-27-67(13-16-71-36)49-34(24-64(2)3)18-32(23-58-49)40-44(52)62-46(54)42(60-40)30-5-7-37-29(17-30)9-10-56-50(37)68/h5-8,17-23,36H,9-16,24-27H2,1-4H3,(H2,54,62)(H2,55,63)(H,56,68)(H,59,69). The van der Waals surface area contributed by atoms with Gasteiger partial charge < -0.3 is 45.9 Å². The van der Waals surface area contributed by atoms with Crippen LogP contribution in [-0.4, -0.2) is 137 Å². The number of halogens is 2. The van der Waals surface area contributed by atoms with Gasteiger partial charge in [-0.25, -0.2) is 19.9 Å². The summed E-state index contributed by atoms with van der Waals surface area (Å²) in [5, 5.41) is 4.10. The first-order chi connectivity index (χ1) is 34.3. The highest BCUT2D eigenvalue weighted by Crippen LogP contribution is 2.35. The number of rotatable bonds is 12. The lowest BCUT2D eigenvalue weighted by Gasteiger charge is -2.37. The van der Waals surface area contributed by atoms with Crippen molar-refractivity contribution < 1.29 is 23.0 Å². The van der Waals surface area contributed by atoms with Gasteiger partial charge in [0.15, 0.2) is 11.6 Å². The molecule has 0 bridgehead atoms. The maximum Gasteiger partial charge on any atom is 0.255 e. The van der Waals surface area contributed by atoms with Crippen LogP contribution in [0.25, 0.3) is 55.8 Å². The number of nitrogens with two attached hydrogens (primary N) is 2. The van der Waals surface area contributed by atoms with Crippen molar-refractivity contribution in [2.45, 2.75) is 32.5 Å². The summed E-state index contributed by atoms with van der Waals surface area (Å²) in [6.45, 7) is 7.86. The number of aromatic amines is 1. The molecule has 0 saturated carbocycles. The van der Waals surface area contributed by atoms with E-state index >= 15 is 8.78 Å². The molecule has 0 aliphatic carbocycles. The number of nitrogens with zero attached hydrogens (tertiary/aromatic N) is 10. The van der Waals surface area contributed by atoms with E-state index in [1.54, 1.807) is 42.9 Å². The van der Waals surface area contributed by atoms with Crippen molar-refractivity contribution in [3.63, 3.8) is 0 Å².